The van der Waals surface area contributed by atoms with Crippen molar-refractivity contribution in [2.75, 3.05) is 14.2 Å². The van der Waals surface area contributed by atoms with Crippen molar-refractivity contribution in [1.82, 2.24) is 10.9 Å². The third-order valence-corrected chi connectivity index (χ3v) is 3.77. The molecular weight excluding hydrogens is 332 g/mol. The lowest BCUT2D eigenvalue weighted by Gasteiger charge is -2.10. The van der Waals surface area contributed by atoms with E-state index >= 15 is 0 Å². The highest BCUT2D eigenvalue weighted by molar-refractivity contribution is 5.98. The van der Waals surface area contributed by atoms with Crippen molar-refractivity contribution in [1.29, 1.82) is 0 Å². The Hall–Kier alpha value is -3.28. The summed E-state index contributed by atoms with van der Waals surface area (Å²) in [6.07, 6.45) is 2.89. The van der Waals surface area contributed by atoms with Gasteiger partial charge < -0.3 is 9.47 Å². The Morgan fingerprint density at radius 2 is 1.77 bits per heavy atom. The predicted octanol–water partition coefficient (Wildman–Crippen LogP) is 2.80. The number of carbonyl (C=O) groups excluding carboxylic acids is 2. The number of benzene rings is 2. The number of hydrogen-bond donors (Lipinski definition) is 2. The Balaban J connectivity index is 2.01. The molecule has 0 aromatic heterocycles. The zero-order valence-electron chi connectivity index (χ0n) is 15.3. The van der Waals surface area contributed by atoms with Gasteiger partial charge in [0.1, 0.15) is 0 Å². The lowest BCUT2D eigenvalue weighted by atomic mass is 10.1. The minimum atomic E-state index is -0.465. The summed E-state index contributed by atoms with van der Waals surface area (Å²) < 4.78 is 10.5. The lowest BCUT2D eigenvalue weighted by molar-refractivity contribution is -0.117. The topological polar surface area (TPSA) is 76.7 Å². The zero-order chi connectivity index (χ0) is 19.1. The second-order valence-corrected chi connectivity index (χ2v) is 5.68. The third-order valence-electron chi connectivity index (χ3n) is 3.77. The number of carbonyl (C=O) groups is 2. The first-order chi connectivity index (χ1) is 12.5. The molecule has 0 heterocycles. The maximum absolute atomic E-state index is 12.2. The van der Waals surface area contributed by atoms with Crippen LogP contribution in [-0.4, -0.2) is 26.0 Å². The van der Waals surface area contributed by atoms with Crippen LogP contribution in [0.2, 0.25) is 0 Å². The normalized spacial score (nSPS) is 10.5. The molecule has 6 nitrogen and oxygen atoms in total. The number of hydrazine groups is 1. The van der Waals surface area contributed by atoms with Gasteiger partial charge in [0.25, 0.3) is 11.8 Å². The number of amides is 2. The van der Waals surface area contributed by atoms with Crippen molar-refractivity contribution in [3.8, 4) is 11.5 Å². The maximum Gasteiger partial charge on any atom is 0.269 e. The second-order valence-electron chi connectivity index (χ2n) is 5.68. The fourth-order valence-electron chi connectivity index (χ4n) is 2.50. The van der Waals surface area contributed by atoms with E-state index in [9.17, 15) is 9.59 Å². The van der Waals surface area contributed by atoms with E-state index in [2.05, 4.69) is 10.9 Å². The smallest absolute Gasteiger partial charge is 0.269 e. The first-order valence-electron chi connectivity index (χ1n) is 8.03. The van der Waals surface area contributed by atoms with Crippen molar-refractivity contribution < 1.29 is 19.1 Å². The second kappa shape index (κ2) is 8.71. The number of methoxy groups -OCH3 is 2. The monoisotopic (exact) mass is 354 g/mol. The summed E-state index contributed by atoms with van der Waals surface area (Å²) in [6.45, 7) is 3.80. The van der Waals surface area contributed by atoms with E-state index in [1.54, 1.807) is 37.5 Å². The molecule has 2 aromatic rings. The van der Waals surface area contributed by atoms with Gasteiger partial charge in [0.2, 0.25) is 0 Å². The predicted molar refractivity (Wildman–Crippen MR) is 100 cm³/mol. The molecule has 136 valence electrons. The molecular formula is C20H22N2O4. The highest BCUT2D eigenvalue weighted by Gasteiger charge is 2.10. The van der Waals surface area contributed by atoms with Gasteiger partial charge in [-0.1, -0.05) is 29.8 Å². The number of nitrogens with one attached hydrogen (secondary N) is 2. The van der Waals surface area contributed by atoms with Crippen LogP contribution in [0.25, 0.3) is 6.08 Å². The Bertz CT molecular complexity index is 844. The van der Waals surface area contributed by atoms with Crippen molar-refractivity contribution in [3.05, 3.63) is 64.7 Å². The molecule has 0 radical (unpaired) electrons. The van der Waals surface area contributed by atoms with Crippen LogP contribution in [0.1, 0.15) is 27.0 Å². The van der Waals surface area contributed by atoms with Crippen LogP contribution in [0.15, 0.2) is 42.5 Å². The first kappa shape index (κ1) is 19.1. The standard InChI is InChI=1S/C20H22N2O4/c1-13-8-10-16(14(2)12-13)20(24)22-21-18(23)11-9-15-6-5-7-17(25-3)19(15)26-4/h5-12H,1-4H3,(H,21,23)(H,22,24)/b11-9+. The van der Waals surface area contributed by atoms with Gasteiger partial charge in [-0.25, -0.2) is 0 Å². The molecule has 2 amide bonds. The SMILES string of the molecule is COc1cccc(/C=C/C(=O)NNC(=O)c2ccc(C)cc2C)c1OC. The molecule has 0 bridgehead atoms. The van der Waals surface area contributed by atoms with Crippen molar-refractivity contribution in [2.45, 2.75) is 13.8 Å². The Morgan fingerprint density at radius 3 is 2.42 bits per heavy atom. The molecule has 2 aromatic carbocycles. The fraction of sp³-hybridized carbons (Fsp3) is 0.200. The average molecular weight is 354 g/mol. The summed E-state index contributed by atoms with van der Waals surface area (Å²) in [5, 5.41) is 0. The molecule has 6 heteroatoms. The van der Waals surface area contributed by atoms with Gasteiger partial charge in [-0.3, -0.25) is 20.4 Å². The molecule has 0 aliphatic rings. The van der Waals surface area contributed by atoms with Crippen molar-refractivity contribution >= 4 is 17.9 Å². The highest BCUT2D eigenvalue weighted by Crippen LogP contribution is 2.31. The van der Waals surface area contributed by atoms with E-state index in [1.807, 2.05) is 26.0 Å². The molecule has 0 atom stereocenters. The first-order valence-corrected chi connectivity index (χ1v) is 8.03. The van der Waals surface area contributed by atoms with Crippen LogP contribution in [0, 0.1) is 13.8 Å². The fourth-order valence-corrected chi connectivity index (χ4v) is 2.50. The summed E-state index contributed by atoms with van der Waals surface area (Å²) in [5.74, 6) is 0.257. The molecule has 0 aliphatic carbocycles. The lowest BCUT2D eigenvalue weighted by Crippen LogP contribution is -2.41. The van der Waals surface area contributed by atoms with Crippen LogP contribution in [0.5, 0.6) is 11.5 Å². The van der Waals surface area contributed by atoms with Crippen LogP contribution < -0.4 is 20.3 Å². The van der Waals surface area contributed by atoms with Crippen molar-refractivity contribution in [2.24, 2.45) is 0 Å². The van der Waals surface area contributed by atoms with E-state index < -0.39 is 5.91 Å². The van der Waals surface area contributed by atoms with E-state index in [0.717, 1.165) is 11.1 Å². The number of rotatable bonds is 5. The minimum Gasteiger partial charge on any atom is -0.493 e. The van der Waals surface area contributed by atoms with Crippen molar-refractivity contribution in [3.63, 3.8) is 0 Å². The van der Waals surface area contributed by atoms with E-state index in [-0.39, 0.29) is 5.91 Å². The molecule has 26 heavy (non-hydrogen) atoms. The van der Waals surface area contributed by atoms with Gasteiger partial charge in [0.15, 0.2) is 11.5 Å². The number of hydrogen-bond acceptors (Lipinski definition) is 4. The van der Waals surface area contributed by atoms with Gasteiger partial charge in [-0.05, 0) is 37.6 Å². The van der Waals surface area contributed by atoms with E-state index in [1.165, 1.54) is 13.2 Å². The van der Waals surface area contributed by atoms with Gasteiger partial charge in [0.05, 0.1) is 14.2 Å². The maximum atomic E-state index is 12.2. The van der Waals surface area contributed by atoms with Gasteiger partial charge in [-0.15, -0.1) is 0 Å². The molecule has 0 saturated carbocycles. The Morgan fingerprint density at radius 1 is 1.00 bits per heavy atom. The van der Waals surface area contributed by atoms with Crippen LogP contribution in [0.4, 0.5) is 0 Å². The van der Waals surface area contributed by atoms with Crippen LogP contribution >= 0.6 is 0 Å². The van der Waals surface area contributed by atoms with Gasteiger partial charge in [-0.2, -0.15) is 0 Å². The molecule has 2 rings (SSSR count). The van der Waals surface area contributed by atoms with Crippen LogP contribution in [0.3, 0.4) is 0 Å². The summed E-state index contributed by atoms with van der Waals surface area (Å²) in [6, 6.07) is 10.8. The summed E-state index contributed by atoms with van der Waals surface area (Å²) in [7, 11) is 3.07. The van der Waals surface area contributed by atoms with Gasteiger partial charge >= 0.3 is 0 Å². The van der Waals surface area contributed by atoms with E-state index in [4.69, 9.17) is 9.47 Å². The molecule has 0 aliphatic heterocycles. The minimum absolute atomic E-state index is 0.372. The highest BCUT2D eigenvalue weighted by atomic mass is 16.5. The summed E-state index contributed by atoms with van der Waals surface area (Å²) in [4.78, 5) is 24.1. The summed E-state index contributed by atoms with van der Waals surface area (Å²) in [5.41, 5.74) is 7.86. The van der Waals surface area contributed by atoms with Gasteiger partial charge in [0, 0.05) is 17.2 Å². The zero-order valence-corrected chi connectivity index (χ0v) is 15.3. The molecule has 0 unspecified atom stereocenters. The number of aryl methyl sites for hydroxylation is 2. The summed E-state index contributed by atoms with van der Waals surface area (Å²) >= 11 is 0. The molecule has 0 saturated heterocycles. The Labute approximate surface area is 152 Å². The quantitative estimate of drug-likeness (QED) is 0.639. The number of ether oxygens (including phenoxy) is 2. The Kier molecular flexibility index (Phi) is 6.38. The van der Waals surface area contributed by atoms with Crippen LogP contribution in [-0.2, 0) is 4.79 Å². The molecule has 2 N–H and O–H groups in total. The third kappa shape index (κ3) is 4.63. The average Bonchev–Trinajstić information content (AvgIpc) is 2.63. The van der Waals surface area contributed by atoms with E-state index in [0.29, 0.717) is 22.6 Å². The molecule has 0 fully saturated rings. The molecule has 0 spiro atoms. The number of para-hydroxylation sites is 1. The largest absolute Gasteiger partial charge is 0.493 e.